The van der Waals surface area contributed by atoms with E-state index in [1.807, 2.05) is 18.7 Å². The van der Waals surface area contributed by atoms with Crippen LogP contribution in [-0.4, -0.2) is 48.9 Å². The van der Waals surface area contributed by atoms with Crippen LogP contribution in [0.25, 0.3) is 0 Å². The topological polar surface area (TPSA) is 23.6 Å². The van der Waals surface area contributed by atoms with E-state index in [1.54, 1.807) is 0 Å². The molecule has 0 aromatic heterocycles. The van der Waals surface area contributed by atoms with Gasteiger partial charge in [-0.15, -0.1) is 0 Å². The largest absolute Gasteiger partial charge is 0.340 e. The molecule has 1 saturated heterocycles. The first-order valence-electron chi connectivity index (χ1n) is 6.25. The molecule has 1 amide bonds. The third-order valence-electron chi connectivity index (χ3n) is 3.27. The van der Waals surface area contributed by atoms with E-state index in [9.17, 15) is 4.79 Å². The maximum atomic E-state index is 11.8. The Balaban J connectivity index is 0.000000531. The van der Waals surface area contributed by atoms with Gasteiger partial charge in [0.2, 0.25) is 5.91 Å². The van der Waals surface area contributed by atoms with Crippen LogP contribution in [0, 0.1) is 5.92 Å². The van der Waals surface area contributed by atoms with Gasteiger partial charge in [0.25, 0.3) is 0 Å². The highest BCUT2D eigenvalue weighted by Crippen LogP contribution is 2.28. The minimum absolute atomic E-state index is 0.378. The second kappa shape index (κ2) is 6.11. The molecule has 2 fully saturated rings. The number of hydrogen-bond acceptors (Lipinski definition) is 2. The monoisotopic (exact) mass is 212 g/mol. The van der Waals surface area contributed by atoms with E-state index < -0.39 is 0 Å². The second-order valence-corrected chi connectivity index (χ2v) is 4.26. The Bertz CT molecular complexity index is 194. The van der Waals surface area contributed by atoms with Crippen LogP contribution < -0.4 is 0 Å². The van der Waals surface area contributed by atoms with Crippen molar-refractivity contribution in [1.29, 1.82) is 0 Å². The van der Waals surface area contributed by atoms with Crippen LogP contribution >= 0.6 is 0 Å². The zero-order valence-corrected chi connectivity index (χ0v) is 10.3. The Morgan fingerprint density at radius 3 is 2.00 bits per heavy atom. The highest BCUT2D eigenvalue weighted by atomic mass is 16.2. The summed E-state index contributed by atoms with van der Waals surface area (Å²) in [5, 5.41) is 0. The number of hydrogen-bond donors (Lipinski definition) is 0. The molecular formula is C12H24N2O. The van der Waals surface area contributed by atoms with Gasteiger partial charge in [0.1, 0.15) is 0 Å². The molecule has 0 bridgehead atoms. The SMILES string of the molecule is CC.CN1CCN(C(=O)C2CCC2)CC1. The van der Waals surface area contributed by atoms with E-state index in [1.165, 1.54) is 6.42 Å². The summed E-state index contributed by atoms with van der Waals surface area (Å²) in [6.45, 7) is 7.95. The first-order valence-corrected chi connectivity index (χ1v) is 6.25. The van der Waals surface area contributed by atoms with Crippen molar-refractivity contribution in [2.24, 2.45) is 5.92 Å². The van der Waals surface area contributed by atoms with Crippen LogP contribution in [0.2, 0.25) is 0 Å². The molecule has 88 valence electrons. The molecule has 2 rings (SSSR count). The number of amides is 1. The van der Waals surface area contributed by atoms with Crippen LogP contribution in [0.15, 0.2) is 0 Å². The smallest absolute Gasteiger partial charge is 0.225 e. The Morgan fingerprint density at radius 2 is 1.60 bits per heavy atom. The van der Waals surface area contributed by atoms with E-state index in [4.69, 9.17) is 0 Å². The van der Waals surface area contributed by atoms with Gasteiger partial charge < -0.3 is 9.80 Å². The standard InChI is InChI=1S/C10H18N2O.C2H6/c1-11-5-7-12(8-6-11)10(13)9-3-2-4-9;1-2/h9H,2-8H2,1H3;1-2H3. The van der Waals surface area contributed by atoms with Crippen LogP contribution in [0.3, 0.4) is 0 Å². The lowest BCUT2D eigenvalue weighted by atomic mass is 9.84. The lowest BCUT2D eigenvalue weighted by Crippen LogP contribution is -2.49. The van der Waals surface area contributed by atoms with Gasteiger partial charge in [-0.25, -0.2) is 0 Å². The van der Waals surface area contributed by atoms with Gasteiger partial charge >= 0.3 is 0 Å². The lowest BCUT2D eigenvalue weighted by molar-refractivity contribution is -0.139. The average molecular weight is 212 g/mol. The molecule has 0 aromatic rings. The fourth-order valence-corrected chi connectivity index (χ4v) is 1.94. The predicted molar refractivity (Wildman–Crippen MR) is 62.8 cm³/mol. The molecule has 3 nitrogen and oxygen atoms in total. The Labute approximate surface area is 93.4 Å². The van der Waals surface area contributed by atoms with Crippen molar-refractivity contribution in [3.05, 3.63) is 0 Å². The highest BCUT2D eigenvalue weighted by molar-refractivity contribution is 5.79. The van der Waals surface area contributed by atoms with Crippen LogP contribution in [-0.2, 0) is 4.79 Å². The summed E-state index contributed by atoms with van der Waals surface area (Å²) < 4.78 is 0. The summed E-state index contributed by atoms with van der Waals surface area (Å²) in [5.41, 5.74) is 0. The fraction of sp³-hybridized carbons (Fsp3) is 0.917. The molecule has 3 heteroatoms. The molecule has 0 spiro atoms. The number of nitrogens with zero attached hydrogens (tertiary/aromatic N) is 2. The number of piperazine rings is 1. The quantitative estimate of drug-likeness (QED) is 0.659. The summed E-state index contributed by atoms with van der Waals surface area (Å²) in [4.78, 5) is 16.1. The van der Waals surface area contributed by atoms with E-state index in [0.29, 0.717) is 11.8 Å². The minimum atomic E-state index is 0.378. The molecule has 1 aliphatic heterocycles. The summed E-state index contributed by atoms with van der Waals surface area (Å²) in [7, 11) is 2.12. The van der Waals surface area contributed by atoms with Gasteiger partial charge in [-0.3, -0.25) is 4.79 Å². The van der Waals surface area contributed by atoms with Crippen LogP contribution in [0.1, 0.15) is 33.1 Å². The third kappa shape index (κ3) is 3.20. The summed E-state index contributed by atoms with van der Waals surface area (Å²) in [6.07, 6.45) is 3.51. The normalized spacial score (nSPS) is 22.7. The zero-order valence-electron chi connectivity index (χ0n) is 10.3. The van der Waals surface area contributed by atoms with E-state index in [-0.39, 0.29) is 0 Å². The second-order valence-electron chi connectivity index (χ2n) is 4.26. The molecule has 0 N–H and O–H groups in total. The molecule has 2 aliphatic rings. The van der Waals surface area contributed by atoms with Crippen molar-refractivity contribution in [2.75, 3.05) is 33.2 Å². The van der Waals surface area contributed by atoms with E-state index >= 15 is 0 Å². The van der Waals surface area contributed by atoms with Crippen LogP contribution in [0.4, 0.5) is 0 Å². The minimum Gasteiger partial charge on any atom is -0.340 e. The first kappa shape index (κ1) is 12.5. The molecule has 0 aromatic carbocycles. The van der Waals surface area contributed by atoms with Gasteiger partial charge in [-0.1, -0.05) is 20.3 Å². The molecule has 0 unspecified atom stereocenters. The predicted octanol–water partition coefficient (Wildman–Crippen LogP) is 1.59. The van der Waals surface area contributed by atoms with Gasteiger partial charge in [0, 0.05) is 32.1 Å². The fourth-order valence-electron chi connectivity index (χ4n) is 1.94. The van der Waals surface area contributed by atoms with E-state index in [0.717, 1.165) is 39.0 Å². The van der Waals surface area contributed by atoms with Crippen molar-refractivity contribution in [2.45, 2.75) is 33.1 Å². The Kier molecular flexibility index (Phi) is 5.09. The van der Waals surface area contributed by atoms with E-state index in [2.05, 4.69) is 11.9 Å². The highest BCUT2D eigenvalue weighted by Gasteiger charge is 2.30. The number of carbonyl (C=O) groups is 1. The van der Waals surface area contributed by atoms with Gasteiger partial charge in [0.15, 0.2) is 0 Å². The van der Waals surface area contributed by atoms with Crippen molar-refractivity contribution in [3.63, 3.8) is 0 Å². The molecule has 0 radical (unpaired) electrons. The molecule has 0 atom stereocenters. The maximum absolute atomic E-state index is 11.8. The molecule has 1 aliphatic carbocycles. The van der Waals surface area contributed by atoms with Crippen LogP contribution in [0.5, 0.6) is 0 Å². The van der Waals surface area contributed by atoms with Gasteiger partial charge in [0.05, 0.1) is 0 Å². The molecule has 15 heavy (non-hydrogen) atoms. The van der Waals surface area contributed by atoms with Crippen molar-refractivity contribution >= 4 is 5.91 Å². The Hall–Kier alpha value is -0.570. The molecular weight excluding hydrogens is 188 g/mol. The summed E-state index contributed by atoms with van der Waals surface area (Å²) in [6, 6.07) is 0. The maximum Gasteiger partial charge on any atom is 0.225 e. The number of rotatable bonds is 1. The summed E-state index contributed by atoms with van der Waals surface area (Å²) in [5.74, 6) is 0.794. The first-order chi connectivity index (χ1) is 7.27. The van der Waals surface area contributed by atoms with Gasteiger partial charge in [-0.2, -0.15) is 0 Å². The Morgan fingerprint density at radius 1 is 1.07 bits per heavy atom. The van der Waals surface area contributed by atoms with Crippen molar-refractivity contribution in [3.8, 4) is 0 Å². The molecule has 1 heterocycles. The zero-order chi connectivity index (χ0) is 11.3. The summed E-state index contributed by atoms with van der Waals surface area (Å²) >= 11 is 0. The van der Waals surface area contributed by atoms with Gasteiger partial charge in [-0.05, 0) is 19.9 Å². The van der Waals surface area contributed by atoms with Crippen molar-refractivity contribution in [1.82, 2.24) is 9.80 Å². The van der Waals surface area contributed by atoms with Crippen molar-refractivity contribution < 1.29 is 4.79 Å². The molecule has 1 saturated carbocycles. The third-order valence-corrected chi connectivity index (χ3v) is 3.27. The average Bonchev–Trinajstić information content (AvgIpc) is 2.19. The number of likely N-dealkylation sites (N-methyl/N-ethyl adjacent to an activating group) is 1. The number of carbonyl (C=O) groups excluding carboxylic acids is 1. The lowest BCUT2D eigenvalue weighted by Gasteiger charge is -2.36.